The van der Waals surface area contributed by atoms with Crippen molar-refractivity contribution in [2.75, 3.05) is 7.05 Å². The lowest BCUT2D eigenvalue weighted by molar-refractivity contribution is -0.122. The molecule has 0 aliphatic rings. The molecule has 20 heavy (non-hydrogen) atoms. The average Bonchev–Trinajstić information content (AvgIpc) is 2.34. The van der Waals surface area contributed by atoms with Gasteiger partial charge in [-0.1, -0.05) is 26.8 Å². The highest BCUT2D eigenvalue weighted by Crippen LogP contribution is 2.19. The molecule has 3 N–H and O–H groups in total. The molecule has 0 aliphatic heterocycles. The van der Waals surface area contributed by atoms with E-state index < -0.39 is 17.4 Å². The van der Waals surface area contributed by atoms with Gasteiger partial charge in [0, 0.05) is 13.2 Å². The topological polar surface area (TPSA) is 88.3 Å². The highest BCUT2D eigenvalue weighted by molar-refractivity contribution is 5.86. The first-order valence-electron chi connectivity index (χ1n) is 6.42. The fourth-order valence-corrected chi connectivity index (χ4v) is 1.75. The zero-order valence-electron chi connectivity index (χ0n) is 12.4. The van der Waals surface area contributed by atoms with Crippen LogP contribution in [0.4, 0.5) is 4.79 Å². The van der Waals surface area contributed by atoms with Gasteiger partial charge in [0.05, 0.1) is 12.2 Å². The summed E-state index contributed by atoms with van der Waals surface area (Å²) >= 11 is 0. The fraction of sp³-hybridized carbons (Fsp3) is 0.500. The summed E-state index contributed by atoms with van der Waals surface area (Å²) in [6.07, 6.45) is 1.67. The van der Waals surface area contributed by atoms with E-state index in [4.69, 9.17) is 5.73 Å². The van der Waals surface area contributed by atoms with Crippen molar-refractivity contribution < 1.29 is 9.59 Å². The second kappa shape index (κ2) is 6.36. The molecule has 110 valence electrons. The molecular formula is C14H22N4O2. The van der Waals surface area contributed by atoms with Crippen molar-refractivity contribution in [1.82, 2.24) is 15.2 Å². The maximum Gasteiger partial charge on any atom is 0.318 e. The third kappa shape index (κ3) is 4.53. The van der Waals surface area contributed by atoms with Crippen LogP contribution in [-0.2, 0) is 11.3 Å². The summed E-state index contributed by atoms with van der Waals surface area (Å²) in [5, 5.41) is 2.66. The van der Waals surface area contributed by atoms with Gasteiger partial charge in [-0.05, 0) is 17.5 Å². The zero-order chi connectivity index (χ0) is 15.3. The molecule has 0 radical (unpaired) electrons. The quantitative estimate of drug-likeness (QED) is 0.865. The predicted octanol–water partition coefficient (Wildman–Crippen LogP) is 1.12. The average molecular weight is 278 g/mol. The first-order chi connectivity index (χ1) is 9.21. The van der Waals surface area contributed by atoms with Gasteiger partial charge < -0.3 is 16.0 Å². The minimum Gasteiger partial charge on any atom is -0.368 e. The van der Waals surface area contributed by atoms with E-state index in [0.29, 0.717) is 6.54 Å². The Labute approximate surface area is 119 Å². The van der Waals surface area contributed by atoms with Crippen LogP contribution in [0.3, 0.4) is 0 Å². The van der Waals surface area contributed by atoms with Crippen LogP contribution in [0.2, 0.25) is 0 Å². The second-order valence-electron chi connectivity index (χ2n) is 5.83. The van der Waals surface area contributed by atoms with Crippen LogP contribution in [0.5, 0.6) is 0 Å². The van der Waals surface area contributed by atoms with Gasteiger partial charge >= 0.3 is 6.03 Å². The number of nitrogens with one attached hydrogen (secondary N) is 1. The van der Waals surface area contributed by atoms with Crippen LogP contribution in [0.15, 0.2) is 24.4 Å². The highest BCUT2D eigenvalue weighted by atomic mass is 16.2. The van der Waals surface area contributed by atoms with Gasteiger partial charge in [-0.25, -0.2) is 4.79 Å². The fourth-order valence-electron chi connectivity index (χ4n) is 1.75. The maximum absolute atomic E-state index is 12.1. The minimum absolute atomic E-state index is 0.352. The number of hydrogen-bond acceptors (Lipinski definition) is 3. The number of carbonyl (C=O) groups excluding carboxylic acids is 2. The largest absolute Gasteiger partial charge is 0.368 e. The lowest BCUT2D eigenvalue weighted by Crippen LogP contribution is -2.54. The zero-order valence-corrected chi connectivity index (χ0v) is 12.4. The lowest BCUT2D eigenvalue weighted by atomic mass is 9.86. The number of primary amides is 1. The second-order valence-corrected chi connectivity index (χ2v) is 5.83. The molecule has 1 heterocycles. The van der Waals surface area contributed by atoms with E-state index in [2.05, 4.69) is 10.3 Å². The lowest BCUT2D eigenvalue weighted by Gasteiger charge is -2.30. The summed E-state index contributed by atoms with van der Waals surface area (Å²) in [5.74, 6) is -0.544. The molecule has 1 unspecified atom stereocenters. The Morgan fingerprint density at radius 2 is 2.05 bits per heavy atom. The number of hydrogen-bond donors (Lipinski definition) is 2. The van der Waals surface area contributed by atoms with Crippen molar-refractivity contribution in [1.29, 1.82) is 0 Å². The summed E-state index contributed by atoms with van der Waals surface area (Å²) < 4.78 is 0. The molecule has 0 saturated heterocycles. The minimum atomic E-state index is -0.721. The summed E-state index contributed by atoms with van der Waals surface area (Å²) in [4.78, 5) is 29.1. The first kappa shape index (κ1) is 15.9. The Morgan fingerprint density at radius 3 is 2.50 bits per heavy atom. The molecule has 0 fully saturated rings. The van der Waals surface area contributed by atoms with E-state index in [1.165, 1.54) is 4.90 Å². The third-order valence-corrected chi connectivity index (χ3v) is 2.89. The molecule has 0 spiro atoms. The number of carbonyl (C=O) groups is 2. The Morgan fingerprint density at radius 1 is 1.40 bits per heavy atom. The van der Waals surface area contributed by atoms with Crippen molar-refractivity contribution in [3.05, 3.63) is 30.1 Å². The van der Waals surface area contributed by atoms with E-state index in [1.807, 2.05) is 39.0 Å². The Hall–Kier alpha value is -2.11. The van der Waals surface area contributed by atoms with Crippen LogP contribution in [0, 0.1) is 5.41 Å². The Balaban J connectivity index is 2.67. The van der Waals surface area contributed by atoms with E-state index in [0.717, 1.165) is 5.69 Å². The van der Waals surface area contributed by atoms with E-state index in [9.17, 15) is 9.59 Å². The number of aromatic nitrogens is 1. The van der Waals surface area contributed by atoms with Crippen LogP contribution in [-0.4, -0.2) is 34.9 Å². The molecule has 3 amide bonds. The summed E-state index contributed by atoms with van der Waals surface area (Å²) in [6, 6.07) is 4.43. The van der Waals surface area contributed by atoms with Crippen LogP contribution < -0.4 is 11.1 Å². The van der Waals surface area contributed by atoms with Crippen LogP contribution in [0.1, 0.15) is 26.5 Å². The molecule has 1 rings (SSSR count). The predicted molar refractivity (Wildman–Crippen MR) is 76.7 cm³/mol. The van der Waals surface area contributed by atoms with Gasteiger partial charge in [-0.15, -0.1) is 0 Å². The van der Waals surface area contributed by atoms with E-state index in [1.54, 1.807) is 13.2 Å². The van der Waals surface area contributed by atoms with E-state index >= 15 is 0 Å². The van der Waals surface area contributed by atoms with Gasteiger partial charge in [0.2, 0.25) is 5.91 Å². The molecular weight excluding hydrogens is 256 g/mol. The van der Waals surface area contributed by atoms with Crippen LogP contribution in [0.25, 0.3) is 0 Å². The van der Waals surface area contributed by atoms with E-state index in [-0.39, 0.29) is 6.03 Å². The standard InChI is InChI=1S/C14H22N4O2/c1-14(2,3)11(12(15)19)17-13(20)18(4)9-10-7-5-6-8-16-10/h5-8,11H,9H2,1-4H3,(H2,15,19)(H,17,20). The van der Waals surface area contributed by atoms with Gasteiger partial charge in [0.15, 0.2) is 0 Å². The molecule has 0 bridgehead atoms. The molecule has 0 aromatic carbocycles. The molecule has 6 heteroatoms. The highest BCUT2D eigenvalue weighted by Gasteiger charge is 2.31. The van der Waals surface area contributed by atoms with Gasteiger partial charge in [0.1, 0.15) is 6.04 Å². The first-order valence-corrected chi connectivity index (χ1v) is 6.42. The van der Waals surface area contributed by atoms with Gasteiger partial charge in [0.25, 0.3) is 0 Å². The van der Waals surface area contributed by atoms with Crippen molar-refractivity contribution >= 4 is 11.9 Å². The SMILES string of the molecule is CN(Cc1ccccn1)C(=O)NC(C(N)=O)C(C)(C)C. The summed E-state index contributed by atoms with van der Waals surface area (Å²) in [6.45, 7) is 5.91. The molecule has 6 nitrogen and oxygen atoms in total. The van der Waals surface area contributed by atoms with Gasteiger partial charge in [-0.3, -0.25) is 9.78 Å². The molecule has 1 atom stereocenters. The third-order valence-electron chi connectivity index (χ3n) is 2.89. The van der Waals surface area contributed by atoms with Crippen molar-refractivity contribution in [3.8, 4) is 0 Å². The molecule has 0 aliphatic carbocycles. The Kier molecular flexibility index (Phi) is 5.07. The monoisotopic (exact) mass is 278 g/mol. The summed E-state index contributed by atoms with van der Waals surface area (Å²) in [7, 11) is 1.64. The Bertz CT molecular complexity index is 468. The van der Waals surface area contributed by atoms with Crippen molar-refractivity contribution in [3.63, 3.8) is 0 Å². The van der Waals surface area contributed by atoms with Gasteiger partial charge in [-0.2, -0.15) is 0 Å². The number of rotatable bonds is 4. The van der Waals surface area contributed by atoms with Crippen molar-refractivity contribution in [2.45, 2.75) is 33.4 Å². The summed E-state index contributed by atoms with van der Waals surface area (Å²) in [5.41, 5.74) is 5.68. The molecule has 1 aromatic heterocycles. The number of nitrogens with two attached hydrogens (primary N) is 1. The number of urea groups is 1. The number of nitrogens with zero attached hydrogens (tertiary/aromatic N) is 2. The number of pyridine rings is 1. The molecule has 0 saturated carbocycles. The van der Waals surface area contributed by atoms with Crippen LogP contribution >= 0.6 is 0 Å². The smallest absolute Gasteiger partial charge is 0.318 e. The normalized spacial score (nSPS) is 12.6. The number of amides is 3. The maximum atomic E-state index is 12.1. The molecule has 1 aromatic rings. The van der Waals surface area contributed by atoms with Crippen molar-refractivity contribution in [2.24, 2.45) is 11.1 Å².